The lowest BCUT2D eigenvalue weighted by atomic mass is 9.70. The number of ketones is 1. The molecule has 3 nitrogen and oxygen atoms in total. The van der Waals surface area contributed by atoms with Crippen molar-refractivity contribution in [3.63, 3.8) is 0 Å². The Hall–Kier alpha value is -1.61. The zero-order chi connectivity index (χ0) is 20.5. The van der Waals surface area contributed by atoms with Crippen LogP contribution in [-0.4, -0.2) is 23.6 Å². The summed E-state index contributed by atoms with van der Waals surface area (Å²) in [4.78, 5) is 13.3. The average Bonchev–Trinajstić information content (AvgIpc) is 3.13. The number of hydrogen-bond donors (Lipinski definition) is 1. The van der Waals surface area contributed by atoms with E-state index in [0.29, 0.717) is 18.3 Å². The van der Waals surface area contributed by atoms with Crippen LogP contribution in [-0.2, 0) is 9.53 Å². The molecule has 1 N–H and O–H groups in total. The molecule has 0 saturated carbocycles. The van der Waals surface area contributed by atoms with Gasteiger partial charge in [-0.15, -0.1) is 0 Å². The number of aliphatic hydroxyl groups excluding tert-OH is 1. The highest BCUT2D eigenvalue weighted by atomic mass is 16.5. The Bertz CT molecular complexity index is 752. The summed E-state index contributed by atoms with van der Waals surface area (Å²) >= 11 is 0. The number of rotatable bonds is 0. The molecule has 0 fully saturated rings. The molecular weight excluding hydrogens is 348 g/mol. The molecule has 154 valence electrons. The number of aliphatic hydroxyl groups is 1. The molecule has 1 heterocycles. The first-order valence-electron chi connectivity index (χ1n) is 10.8. The van der Waals surface area contributed by atoms with Crippen LogP contribution < -0.4 is 0 Å². The highest BCUT2D eigenvalue weighted by molar-refractivity contribution is 6.02. The minimum Gasteiger partial charge on any atom is -0.489 e. The molecule has 3 aliphatic rings. The van der Waals surface area contributed by atoms with Gasteiger partial charge in [0.2, 0.25) is 5.78 Å². The largest absolute Gasteiger partial charge is 0.489 e. The van der Waals surface area contributed by atoms with Crippen molar-refractivity contribution in [2.75, 3.05) is 6.61 Å². The highest BCUT2D eigenvalue weighted by Crippen LogP contribution is 2.53. The van der Waals surface area contributed by atoms with Gasteiger partial charge in [0.1, 0.15) is 0 Å². The van der Waals surface area contributed by atoms with Gasteiger partial charge in [-0.05, 0) is 70.4 Å². The standard InChI is InChI=1S/C25H36O3/c1-16-7-6-8-17(2)13-14-25(5)20(11-10-18(3)21(26)12-9-16)22-19(4)15-28-23(22)24(25)27/h7,10,13,19-21,26H,6,8-9,11-12,14-15H2,1-5H3/b16-7-,17-13+,18-10+/t19-,20-,21?,25+/m0/s1. The SMILES string of the molecule is C/C1=C/CC/C(C)=C/C[C@@]2(C)C(=O)C3=C([C@@H](C)CO3)[C@@H]2C/C=C(\C)C(O)CC1. The molecule has 1 unspecified atom stereocenters. The van der Waals surface area contributed by atoms with Crippen molar-refractivity contribution in [1.82, 2.24) is 0 Å². The van der Waals surface area contributed by atoms with Gasteiger partial charge in [-0.2, -0.15) is 0 Å². The molecule has 1 aliphatic heterocycles. The number of Topliss-reactive ketones (excluding diaryl/α,β-unsaturated/α-hetero) is 1. The monoisotopic (exact) mass is 384 g/mol. The number of hydrogen-bond acceptors (Lipinski definition) is 3. The first kappa shape index (κ1) is 21.1. The van der Waals surface area contributed by atoms with Gasteiger partial charge >= 0.3 is 0 Å². The molecule has 0 radical (unpaired) electrons. The fraction of sp³-hybridized carbons (Fsp3) is 0.640. The Kier molecular flexibility index (Phi) is 6.34. The van der Waals surface area contributed by atoms with Gasteiger partial charge < -0.3 is 9.84 Å². The molecule has 28 heavy (non-hydrogen) atoms. The lowest BCUT2D eigenvalue weighted by Gasteiger charge is -2.32. The van der Waals surface area contributed by atoms with Crippen molar-refractivity contribution in [2.24, 2.45) is 17.3 Å². The molecule has 4 atom stereocenters. The van der Waals surface area contributed by atoms with Gasteiger partial charge in [0.25, 0.3) is 0 Å². The normalized spacial score (nSPS) is 40.7. The first-order chi connectivity index (χ1) is 13.2. The fourth-order valence-corrected chi connectivity index (χ4v) is 4.85. The summed E-state index contributed by atoms with van der Waals surface area (Å²) in [6.45, 7) is 11.2. The van der Waals surface area contributed by atoms with Crippen LogP contribution in [0, 0.1) is 17.3 Å². The summed E-state index contributed by atoms with van der Waals surface area (Å²) in [6, 6.07) is 0. The quantitative estimate of drug-likeness (QED) is 0.548. The predicted octanol–water partition coefficient (Wildman–Crippen LogP) is 5.67. The molecule has 0 bridgehead atoms. The predicted molar refractivity (Wildman–Crippen MR) is 114 cm³/mol. The van der Waals surface area contributed by atoms with E-state index < -0.39 is 11.5 Å². The smallest absolute Gasteiger partial charge is 0.204 e. The third kappa shape index (κ3) is 4.05. The summed E-state index contributed by atoms with van der Waals surface area (Å²) in [5, 5.41) is 10.6. The molecule has 0 saturated heterocycles. The van der Waals surface area contributed by atoms with Crippen LogP contribution in [0.4, 0.5) is 0 Å². The van der Waals surface area contributed by atoms with Crippen LogP contribution in [0.2, 0.25) is 0 Å². The molecule has 0 amide bonds. The molecule has 0 aromatic carbocycles. The van der Waals surface area contributed by atoms with Crippen molar-refractivity contribution < 1.29 is 14.6 Å². The number of carbonyl (C=O) groups excluding carboxylic acids is 1. The zero-order valence-corrected chi connectivity index (χ0v) is 18.2. The van der Waals surface area contributed by atoms with E-state index in [0.717, 1.165) is 44.1 Å². The number of allylic oxidation sites excluding steroid dienone is 6. The van der Waals surface area contributed by atoms with E-state index in [1.807, 2.05) is 6.92 Å². The highest BCUT2D eigenvalue weighted by Gasteiger charge is 2.54. The maximum atomic E-state index is 13.3. The minimum atomic E-state index is -0.450. The molecule has 2 aliphatic carbocycles. The Labute approximate surface area is 170 Å². The third-order valence-corrected chi connectivity index (χ3v) is 7.06. The number of ether oxygens (including phenoxy) is 1. The lowest BCUT2D eigenvalue weighted by Crippen LogP contribution is -2.33. The van der Waals surface area contributed by atoms with Gasteiger partial charge in [0.15, 0.2) is 5.76 Å². The molecular formula is C25H36O3. The van der Waals surface area contributed by atoms with E-state index in [-0.39, 0.29) is 11.7 Å². The lowest BCUT2D eigenvalue weighted by molar-refractivity contribution is -0.127. The minimum absolute atomic E-state index is 0.156. The molecule has 0 spiro atoms. The van der Waals surface area contributed by atoms with Crippen LogP contribution in [0.15, 0.2) is 46.3 Å². The Morgan fingerprint density at radius 2 is 1.82 bits per heavy atom. The zero-order valence-electron chi connectivity index (χ0n) is 18.2. The van der Waals surface area contributed by atoms with Gasteiger partial charge in [-0.3, -0.25) is 4.79 Å². The van der Waals surface area contributed by atoms with E-state index in [1.54, 1.807) is 0 Å². The van der Waals surface area contributed by atoms with E-state index in [2.05, 4.69) is 45.9 Å². The van der Waals surface area contributed by atoms with Crippen LogP contribution in [0.5, 0.6) is 0 Å². The van der Waals surface area contributed by atoms with Crippen molar-refractivity contribution in [2.45, 2.75) is 79.2 Å². The fourth-order valence-electron chi connectivity index (χ4n) is 4.85. The second-order valence-electron chi connectivity index (χ2n) is 9.38. The van der Waals surface area contributed by atoms with Crippen molar-refractivity contribution >= 4 is 5.78 Å². The Morgan fingerprint density at radius 3 is 2.57 bits per heavy atom. The van der Waals surface area contributed by atoms with E-state index in [1.165, 1.54) is 16.7 Å². The molecule has 0 aromatic rings. The maximum Gasteiger partial charge on any atom is 0.204 e. The molecule has 3 rings (SSSR count). The van der Waals surface area contributed by atoms with Gasteiger partial charge in [-0.1, -0.05) is 43.2 Å². The first-order valence-corrected chi connectivity index (χ1v) is 10.8. The van der Waals surface area contributed by atoms with E-state index >= 15 is 0 Å². The Morgan fingerprint density at radius 1 is 1.11 bits per heavy atom. The van der Waals surface area contributed by atoms with Gasteiger partial charge in [0.05, 0.1) is 12.7 Å². The number of fused-ring (bicyclic) bond motifs is 2. The second-order valence-corrected chi connectivity index (χ2v) is 9.38. The summed E-state index contributed by atoms with van der Waals surface area (Å²) in [5.74, 6) is 1.26. The van der Waals surface area contributed by atoms with E-state index in [9.17, 15) is 9.90 Å². The molecule has 0 aromatic heterocycles. The van der Waals surface area contributed by atoms with Crippen LogP contribution in [0.1, 0.15) is 73.1 Å². The summed E-state index contributed by atoms with van der Waals surface area (Å²) in [5.41, 5.74) is 4.47. The second kappa shape index (κ2) is 8.41. The van der Waals surface area contributed by atoms with Crippen LogP contribution in [0.25, 0.3) is 0 Å². The van der Waals surface area contributed by atoms with Crippen molar-refractivity contribution in [3.8, 4) is 0 Å². The van der Waals surface area contributed by atoms with Gasteiger partial charge in [-0.25, -0.2) is 0 Å². The van der Waals surface area contributed by atoms with Gasteiger partial charge in [0, 0.05) is 17.3 Å². The van der Waals surface area contributed by atoms with E-state index in [4.69, 9.17) is 4.74 Å². The van der Waals surface area contributed by atoms with Crippen molar-refractivity contribution in [1.29, 1.82) is 0 Å². The molecule has 3 heteroatoms. The topological polar surface area (TPSA) is 46.5 Å². The maximum absolute atomic E-state index is 13.3. The van der Waals surface area contributed by atoms with Crippen molar-refractivity contribution in [3.05, 3.63) is 46.3 Å². The number of carbonyl (C=O) groups is 1. The Balaban J connectivity index is 1.95. The van der Waals surface area contributed by atoms with Crippen LogP contribution >= 0.6 is 0 Å². The van der Waals surface area contributed by atoms with Crippen LogP contribution in [0.3, 0.4) is 0 Å². The average molecular weight is 385 g/mol. The summed E-state index contributed by atoms with van der Waals surface area (Å²) in [6.07, 6.45) is 11.6. The summed E-state index contributed by atoms with van der Waals surface area (Å²) < 4.78 is 5.83. The third-order valence-electron chi connectivity index (χ3n) is 7.06. The summed E-state index contributed by atoms with van der Waals surface area (Å²) in [7, 11) is 0.